The second kappa shape index (κ2) is 10.0. The van der Waals surface area contributed by atoms with Crippen LogP contribution in [0.25, 0.3) is 0 Å². The van der Waals surface area contributed by atoms with Crippen molar-refractivity contribution in [2.24, 2.45) is 11.8 Å². The fourth-order valence-electron chi connectivity index (χ4n) is 3.89. The maximum absolute atomic E-state index is 12.6. The molecule has 0 saturated carbocycles. The number of carbonyl (C=O) groups is 1. The van der Waals surface area contributed by atoms with Crippen molar-refractivity contribution in [1.82, 2.24) is 9.62 Å². The summed E-state index contributed by atoms with van der Waals surface area (Å²) in [6.07, 6.45) is 4.23. The van der Waals surface area contributed by atoms with E-state index in [-0.39, 0.29) is 16.7 Å². The van der Waals surface area contributed by atoms with Crippen LogP contribution in [0.2, 0.25) is 0 Å². The lowest BCUT2D eigenvalue weighted by Crippen LogP contribution is -2.45. The van der Waals surface area contributed by atoms with Gasteiger partial charge in [-0.1, -0.05) is 13.8 Å². The Labute approximate surface area is 174 Å². The van der Waals surface area contributed by atoms with Gasteiger partial charge in [0, 0.05) is 37.4 Å². The Morgan fingerprint density at radius 3 is 2.31 bits per heavy atom. The Kier molecular flexibility index (Phi) is 7.67. The number of benzene rings is 1. The van der Waals surface area contributed by atoms with Crippen molar-refractivity contribution in [3.63, 3.8) is 0 Å². The predicted octanol–water partition coefficient (Wildman–Crippen LogP) is 2.45. The highest BCUT2D eigenvalue weighted by molar-refractivity contribution is 7.89. The molecule has 162 valence electrons. The molecule has 8 heteroatoms. The molecule has 2 fully saturated rings. The zero-order chi connectivity index (χ0) is 20.9. The minimum Gasteiger partial charge on any atom is -0.381 e. The molecule has 0 aromatic heterocycles. The molecule has 3 rings (SSSR count). The summed E-state index contributed by atoms with van der Waals surface area (Å²) in [5, 5.41) is 2.77. The average Bonchev–Trinajstić information content (AvgIpc) is 2.73. The van der Waals surface area contributed by atoms with Crippen molar-refractivity contribution in [3.8, 4) is 0 Å². The predicted molar refractivity (Wildman–Crippen MR) is 113 cm³/mol. The summed E-state index contributed by atoms with van der Waals surface area (Å²) in [5.74, 6) is 0.147. The van der Waals surface area contributed by atoms with Crippen LogP contribution >= 0.6 is 0 Å². The molecule has 2 N–H and O–H groups in total. The van der Waals surface area contributed by atoms with E-state index in [1.165, 1.54) is 12.1 Å². The Hall–Kier alpha value is -1.48. The molecule has 2 aliphatic rings. The molecule has 2 aliphatic heterocycles. The lowest BCUT2D eigenvalue weighted by Gasteiger charge is -2.39. The second-order valence-corrected chi connectivity index (χ2v) is 10.1. The summed E-state index contributed by atoms with van der Waals surface area (Å²) >= 11 is 0. The van der Waals surface area contributed by atoms with Crippen molar-refractivity contribution in [2.45, 2.75) is 50.5 Å². The first-order valence-electron chi connectivity index (χ1n) is 10.6. The summed E-state index contributed by atoms with van der Waals surface area (Å²) < 4.78 is 33.4. The van der Waals surface area contributed by atoms with E-state index < -0.39 is 10.0 Å². The van der Waals surface area contributed by atoms with Crippen LogP contribution in [0, 0.1) is 11.8 Å². The fraction of sp³-hybridized carbons (Fsp3) is 0.667. The molecule has 0 radical (unpaired) electrons. The SMILES string of the molecule is CC(C)C(=O)Nc1ccc(S(=O)(=O)NCC2CCN(C3CCOCC3)CC2)cc1. The number of ether oxygens (including phenoxy) is 1. The molecule has 1 aromatic rings. The quantitative estimate of drug-likeness (QED) is 0.703. The van der Waals surface area contributed by atoms with Crippen LogP contribution in [0.5, 0.6) is 0 Å². The minimum atomic E-state index is -3.55. The van der Waals surface area contributed by atoms with Gasteiger partial charge in [0.05, 0.1) is 4.90 Å². The van der Waals surface area contributed by atoms with Crippen molar-refractivity contribution < 1.29 is 17.9 Å². The molecule has 0 atom stereocenters. The van der Waals surface area contributed by atoms with Crippen LogP contribution in [0.1, 0.15) is 39.5 Å². The summed E-state index contributed by atoms with van der Waals surface area (Å²) in [5.41, 5.74) is 0.600. The number of sulfonamides is 1. The fourth-order valence-corrected chi connectivity index (χ4v) is 5.00. The number of hydrogen-bond donors (Lipinski definition) is 2. The van der Waals surface area contributed by atoms with Gasteiger partial charge in [0.15, 0.2) is 0 Å². The maximum Gasteiger partial charge on any atom is 0.240 e. The number of piperidine rings is 1. The van der Waals surface area contributed by atoms with Gasteiger partial charge in [-0.15, -0.1) is 0 Å². The molecule has 7 nitrogen and oxygen atoms in total. The van der Waals surface area contributed by atoms with E-state index in [2.05, 4.69) is 14.9 Å². The Bertz CT molecular complexity index is 766. The van der Waals surface area contributed by atoms with E-state index in [4.69, 9.17) is 4.74 Å². The van der Waals surface area contributed by atoms with Gasteiger partial charge in [0.2, 0.25) is 15.9 Å². The first-order chi connectivity index (χ1) is 13.8. The molecular weight excluding hydrogens is 390 g/mol. The largest absolute Gasteiger partial charge is 0.381 e. The number of amides is 1. The molecule has 0 aliphatic carbocycles. The molecule has 0 spiro atoms. The lowest BCUT2D eigenvalue weighted by atomic mass is 9.94. The standard InChI is InChI=1S/C21H33N3O4S/c1-16(2)21(25)23-18-3-5-20(6-4-18)29(26,27)22-15-17-7-11-24(12-8-17)19-9-13-28-14-10-19/h3-6,16-17,19,22H,7-15H2,1-2H3,(H,23,25). The molecule has 29 heavy (non-hydrogen) atoms. The van der Waals surface area contributed by atoms with Crippen molar-refractivity contribution in [3.05, 3.63) is 24.3 Å². The third kappa shape index (κ3) is 6.25. The van der Waals surface area contributed by atoms with E-state index in [0.29, 0.717) is 24.2 Å². The number of anilines is 1. The van der Waals surface area contributed by atoms with Crippen molar-refractivity contribution in [1.29, 1.82) is 0 Å². The van der Waals surface area contributed by atoms with Crippen molar-refractivity contribution >= 4 is 21.6 Å². The molecule has 2 saturated heterocycles. The Balaban J connectivity index is 1.47. The van der Waals surface area contributed by atoms with Gasteiger partial charge < -0.3 is 15.0 Å². The molecule has 1 aromatic carbocycles. The maximum atomic E-state index is 12.6. The van der Waals surface area contributed by atoms with E-state index in [1.807, 2.05) is 13.8 Å². The molecule has 2 heterocycles. The van der Waals surface area contributed by atoms with E-state index >= 15 is 0 Å². The topological polar surface area (TPSA) is 87.7 Å². The molecule has 0 bridgehead atoms. The van der Waals surface area contributed by atoms with Gasteiger partial charge in [0.25, 0.3) is 0 Å². The highest BCUT2D eigenvalue weighted by Crippen LogP contribution is 2.23. The van der Waals surface area contributed by atoms with Gasteiger partial charge >= 0.3 is 0 Å². The molecular formula is C21H33N3O4S. The first kappa shape index (κ1) is 22.2. The van der Waals surface area contributed by atoms with E-state index in [9.17, 15) is 13.2 Å². The van der Waals surface area contributed by atoms with Crippen LogP contribution in [0.4, 0.5) is 5.69 Å². The van der Waals surface area contributed by atoms with Gasteiger partial charge in [-0.25, -0.2) is 13.1 Å². The van der Waals surface area contributed by atoms with Crippen LogP contribution in [-0.4, -0.2) is 58.1 Å². The smallest absolute Gasteiger partial charge is 0.240 e. The Morgan fingerprint density at radius 1 is 1.10 bits per heavy atom. The molecule has 1 amide bonds. The van der Waals surface area contributed by atoms with Gasteiger partial charge in [0.1, 0.15) is 0 Å². The highest BCUT2D eigenvalue weighted by atomic mass is 32.2. The number of nitrogens with zero attached hydrogens (tertiary/aromatic N) is 1. The van der Waals surface area contributed by atoms with Crippen LogP contribution in [0.3, 0.4) is 0 Å². The first-order valence-corrected chi connectivity index (χ1v) is 12.1. The summed E-state index contributed by atoms with van der Waals surface area (Å²) in [6, 6.07) is 6.94. The molecule has 0 unspecified atom stereocenters. The average molecular weight is 424 g/mol. The van der Waals surface area contributed by atoms with Crippen LogP contribution in [-0.2, 0) is 19.6 Å². The van der Waals surface area contributed by atoms with Crippen LogP contribution in [0.15, 0.2) is 29.2 Å². The number of rotatable bonds is 7. The summed E-state index contributed by atoms with van der Waals surface area (Å²) in [6.45, 7) is 7.85. The van der Waals surface area contributed by atoms with E-state index in [0.717, 1.165) is 52.0 Å². The van der Waals surface area contributed by atoms with E-state index in [1.54, 1.807) is 12.1 Å². The lowest BCUT2D eigenvalue weighted by molar-refractivity contribution is -0.118. The van der Waals surface area contributed by atoms with Gasteiger partial charge in [-0.05, 0) is 69.0 Å². The third-order valence-corrected chi connectivity index (χ3v) is 7.31. The summed E-state index contributed by atoms with van der Waals surface area (Å²) in [4.78, 5) is 14.5. The number of hydrogen-bond acceptors (Lipinski definition) is 5. The minimum absolute atomic E-state index is 0.0918. The normalized spacial score (nSPS) is 20.1. The zero-order valence-electron chi connectivity index (χ0n) is 17.4. The third-order valence-electron chi connectivity index (χ3n) is 5.87. The van der Waals surface area contributed by atoms with Gasteiger partial charge in [-0.2, -0.15) is 0 Å². The highest BCUT2D eigenvalue weighted by Gasteiger charge is 2.27. The monoisotopic (exact) mass is 423 g/mol. The second-order valence-electron chi connectivity index (χ2n) is 8.34. The summed E-state index contributed by atoms with van der Waals surface area (Å²) in [7, 11) is -3.55. The zero-order valence-corrected chi connectivity index (χ0v) is 18.2. The number of carbonyl (C=O) groups excluding carboxylic acids is 1. The Morgan fingerprint density at radius 2 is 1.72 bits per heavy atom. The number of likely N-dealkylation sites (tertiary alicyclic amines) is 1. The number of nitrogens with one attached hydrogen (secondary N) is 2. The van der Waals surface area contributed by atoms with Crippen molar-refractivity contribution in [2.75, 3.05) is 38.2 Å². The van der Waals surface area contributed by atoms with Crippen LogP contribution < -0.4 is 10.0 Å². The van der Waals surface area contributed by atoms with Gasteiger partial charge in [-0.3, -0.25) is 4.79 Å².